The average Bonchev–Trinajstić information content (AvgIpc) is 2.95. The lowest BCUT2D eigenvalue weighted by Crippen LogP contribution is -2.36. The van der Waals surface area contributed by atoms with Crippen molar-refractivity contribution in [3.8, 4) is 23.0 Å². The molecular weight excluding hydrogens is 496 g/mol. The monoisotopic (exact) mass is 536 g/mol. The van der Waals surface area contributed by atoms with Crippen molar-refractivity contribution in [1.29, 1.82) is 0 Å². The zero-order chi connectivity index (χ0) is 28.8. The topological polar surface area (TPSA) is 103 Å². The van der Waals surface area contributed by atoms with Crippen molar-refractivity contribution in [2.75, 3.05) is 0 Å². The van der Waals surface area contributed by atoms with Gasteiger partial charge in [0.1, 0.15) is 11.4 Å². The first kappa shape index (κ1) is 27.9. The number of aromatic nitrogens is 8. The van der Waals surface area contributed by atoms with Crippen molar-refractivity contribution in [1.82, 2.24) is 40.3 Å². The summed E-state index contributed by atoms with van der Waals surface area (Å²) in [4.78, 5) is 18.2. The molecule has 0 amide bonds. The Labute approximate surface area is 237 Å². The van der Waals surface area contributed by atoms with Crippen molar-refractivity contribution in [3.63, 3.8) is 0 Å². The van der Waals surface area contributed by atoms with Crippen molar-refractivity contribution < 1.29 is 0 Å². The molecule has 208 valence electrons. The minimum atomic E-state index is 0.0460. The Morgan fingerprint density at radius 3 is 1.12 bits per heavy atom. The molecule has 0 atom stereocenters. The molecule has 2 aliphatic rings. The third-order valence-corrected chi connectivity index (χ3v) is 8.48. The van der Waals surface area contributed by atoms with Gasteiger partial charge < -0.3 is 0 Å². The van der Waals surface area contributed by atoms with Crippen LogP contribution in [0.5, 0.6) is 0 Å². The lowest BCUT2D eigenvalue weighted by molar-refractivity contribution is 0.311. The summed E-state index contributed by atoms with van der Waals surface area (Å²) in [6, 6.07) is 11.5. The second kappa shape index (κ2) is 10.1. The number of hydrogen-bond donors (Lipinski definition) is 0. The minimum absolute atomic E-state index is 0.0460. The van der Waals surface area contributed by atoms with Gasteiger partial charge in [-0.05, 0) is 49.9 Å². The van der Waals surface area contributed by atoms with Gasteiger partial charge in [-0.15, -0.1) is 10.2 Å². The Balaban J connectivity index is 0.000000161. The van der Waals surface area contributed by atoms with Gasteiger partial charge in [-0.2, -0.15) is 10.2 Å². The Morgan fingerprint density at radius 1 is 0.450 bits per heavy atom. The van der Waals surface area contributed by atoms with E-state index in [2.05, 4.69) is 85.8 Å². The minimum Gasteiger partial charge on any atom is -0.253 e. The van der Waals surface area contributed by atoms with Gasteiger partial charge in [-0.1, -0.05) is 67.5 Å². The highest BCUT2D eigenvalue weighted by atomic mass is 15.2. The molecule has 8 heteroatoms. The summed E-state index contributed by atoms with van der Waals surface area (Å²) < 4.78 is 0. The summed E-state index contributed by atoms with van der Waals surface area (Å²) in [5.74, 6) is 1.24. The van der Waals surface area contributed by atoms with Gasteiger partial charge in [0.05, 0.1) is 22.8 Å². The normalized spacial score (nSPS) is 19.4. The molecule has 0 spiro atoms. The molecule has 0 N–H and O–H groups in total. The van der Waals surface area contributed by atoms with Crippen molar-refractivity contribution >= 4 is 0 Å². The van der Waals surface area contributed by atoms with Crippen LogP contribution in [-0.2, 0) is 21.7 Å². The highest BCUT2D eigenvalue weighted by Crippen LogP contribution is 2.45. The maximum atomic E-state index is 4.80. The van der Waals surface area contributed by atoms with Gasteiger partial charge >= 0.3 is 0 Å². The second-order valence-corrected chi connectivity index (χ2v) is 13.6. The number of pyridine rings is 2. The lowest BCUT2D eigenvalue weighted by atomic mass is 9.67. The van der Waals surface area contributed by atoms with Crippen LogP contribution >= 0.6 is 0 Å². The van der Waals surface area contributed by atoms with E-state index in [9.17, 15) is 0 Å². The zero-order valence-electron chi connectivity index (χ0n) is 25.0. The SMILES string of the molecule is CC1(C)CCC(C)(C)c2nc(-c3ccccn3)nnc21.CC1(C)CCC(C)(C)c2nc(-c3ccccn3)nnc21. The van der Waals surface area contributed by atoms with E-state index in [0.29, 0.717) is 11.6 Å². The molecule has 0 aliphatic heterocycles. The molecule has 0 radical (unpaired) electrons. The maximum Gasteiger partial charge on any atom is 0.200 e. The molecule has 40 heavy (non-hydrogen) atoms. The molecule has 0 unspecified atom stereocenters. The van der Waals surface area contributed by atoms with Gasteiger partial charge in [-0.3, -0.25) is 9.97 Å². The van der Waals surface area contributed by atoms with Crippen LogP contribution in [0, 0.1) is 0 Å². The van der Waals surface area contributed by atoms with Gasteiger partial charge in [0, 0.05) is 34.1 Å². The number of rotatable bonds is 2. The first-order chi connectivity index (χ1) is 18.8. The fourth-order valence-electron chi connectivity index (χ4n) is 5.44. The number of nitrogens with zero attached hydrogens (tertiary/aromatic N) is 8. The van der Waals surface area contributed by atoms with Gasteiger partial charge in [0.2, 0.25) is 11.6 Å². The first-order valence-electron chi connectivity index (χ1n) is 14.1. The summed E-state index contributed by atoms with van der Waals surface area (Å²) in [5, 5.41) is 17.6. The van der Waals surface area contributed by atoms with Gasteiger partial charge in [-0.25, -0.2) is 9.97 Å². The third-order valence-electron chi connectivity index (χ3n) is 8.48. The predicted molar refractivity (Wildman–Crippen MR) is 157 cm³/mol. The molecule has 0 saturated carbocycles. The number of fused-ring (bicyclic) bond motifs is 2. The molecule has 0 saturated heterocycles. The lowest BCUT2D eigenvalue weighted by Gasteiger charge is -2.39. The second-order valence-electron chi connectivity index (χ2n) is 13.6. The summed E-state index contributed by atoms with van der Waals surface area (Å²) >= 11 is 0. The van der Waals surface area contributed by atoms with Crippen LogP contribution in [0.25, 0.3) is 23.0 Å². The number of hydrogen-bond acceptors (Lipinski definition) is 8. The van der Waals surface area contributed by atoms with E-state index >= 15 is 0 Å². The summed E-state index contributed by atoms with van der Waals surface area (Å²) in [6.07, 6.45) is 7.99. The van der Waals surface area contributed by atoms with Gasteiger partial charge in [0.15, 0.2) is 0 Å². The molecule has 6 rings (SSSR count). The van der Waals surface area contributed by atoms with E-state index in [1.165, 1.54) is 0 Å². The van der Waals surface area contributed by atoms with Crippen molar-refractivity contribution in [2.45, 2.75) is 103 Å². The summed E-state index contributed by atoms with van der Waals surface area (Å²) in [6.45, 7) is 17.8. The largest absolute Gasteiger partial charge is 0.253 e. The Bertz CT molecular complexity index is 1380. The van der Waals surface area contributed by atoms with Crippen LogP contribution in [0.3, 0.4) is 0 Å². The van der Waals surface area contributed by atoms with Crippen molar-refractivity contribution in [3.05, 3.63) is 71.6 Å². The van der Waals surface area contributed by atoms with Gasteiger partial charge in [0.25, 0.3) is 0 Å². The van der Waals surface area contributed by atoms with E-state index in [0.717, 1.165) is 59.8 Å². The zero-order valence-corrected chi connectivity index (χ0v) is 25.0. The van der Waals surface area contributed by atoms with Crippen LogP contribution in [0.15, 0.2) is 48.8 Å². The third kappa shape index (κ3) is 5.36. The summed E-state index contributed by atoms with van der Waals surface area (Å²) in [5.41, 5.74) is 5.97. The standard InChI is InChI=1S/2C16H20N4/c2*1-15(2)8-9-16(3,4)13-12(15)18-14(20-19-13)11-7-5-6-10-17-11/h2*5-7,10H,8-9H2,1-4H3. The molecule has 4 aromatic rings. The maximum absolute atomic E-state index is 4.80. The smallest absolute Gasteiger partial charge is 0.200 e. The fraction of sp³-hybridized carbons (Fsp3) is 0.500. The molecule has 4 aromatic heterocycles. The molecule has 0 fully saturated rings. The van der Waals surface area contributed by atoms with E-state index in [4.69, 9.17) is 9.97 Å². The summed E-state index contributed by atoms with van der Waals surface area (Å²) in [7, 11) is 0. The van der Waals surface area contributed by atoms with E-state index in [1.807, 2.05) is 36.4 Å². The van der Waals surface area contributed by atoms with E-state index < -0.39 is 0 Å². The quantitative estimate of drug-likeness (QED) is 0.283. The average molecular weight is 537 g/mol. The Kier molecular flexibility index (Phi) is 7.01. The van der Waals surface area contributed by atoms with Crippen molar-refractivity contribution in [2.24, 2.45) is 0 Å². The highest BCUT2D eigenvalue weighted by molar-refractivity contribution is 5.50. The van der Waals surface area contributed by atoms with Crippen LogP contribution in [0.2, 0.25) is 0 Å². The predicted octanol–water partition coefficient (Wildman–Crippen LogP) is 6.57. The van der Waals surface area contributed by atoms with Crippen LogP contribution in [-0.4, -0.2) is 40.3 Å². The fourth-order valence-corrected chi connectivity index (χ4v) is 5.44. The van der Waals surface area contributed by atoms with Crippen LogP contribution in [0.1, 0.15) is 104 Å². The molecule has 2 aliphatic carbocycles. The first-order valence-corrected chi connectivity index (χ1v) is 14.1. The molecular formula is C32H40N8. The highest BCUT2D eigenvalue weighted by Gasteiger charge is 2.41. The molecule has 8 nitrogen and oxygen atoms in total. The van der Waals surface area contributed by atoms with E-state index in [1.54, 1.807) is 12.4 Å². The van der Waals surface area contributed by atoms with Crippen LogP contribution in [0.4, 0.5) is 0 Å². The Morgan fingerprint density at radius 2 is 0.800 bits per heavy atom. The Hall–Kier alpha value is -3.68. The molecule has 0 aromatic carbocycles. The van der Waals surface area contributed by atoms with E-state index in [-0.39, 0.29) is 21.7 Å². The molecule has 4 heterocycles. The molecule has 0 bridgehead atoms. The van der Waals surface area contributed by atoms with Crippen LogP contribution < -0.4 is 0 Å².